The minimum Gasteiger partial charge on any atom is -0.353 e. The van der Waals surface area contributed by atoms with Crippen LogP contribution in [0.5, 0.6) is 0 Å². The Hall–Kier alpha value is -4.92. The van der Waals surface area contributed by atoms with Crippen LogP contribution in [0.4, 0.5) is 10.1 Å². The zero-order valence-electron chi connectivity index (χ0n) is 22.3. The standard InChI is InChI=1S/C32H28FN7O/c33-23-8-4-7-20(12-23)30-25-15-28(38-27(25)9-10-35-30)31-26-14-22(17-36-32(26)40-39-31)21-13-24(18-34-16-21)37-29(41)11-19-5-2-1-3-6-19/h4,7-10,12-19,38H,1-3,5-6,11H2,(H,37,41)(H,36,39,40). The summed E-state index contributed by atoms with van der Waals surface area (Å²) in [6, 6.07) is 14.2. The minimum absolute atomic E-state index is 0.0347. The van der Waals surface area contributed by atoms with E-state index in [-0.39, 0.29) is 11.7 Å². The summed E-state index contributed by atoms with van der Waals surface area (Å²) in [5, 5.41) is 12.3. The summed E-state index contributed by atoms with van der Waals surface area (Å²) in [4.78, 5) is 29.6. The molecule has 6 aromatic rings. The second-order valence-corrected chi connectivity index (χ2v) is 10.7. The van der Waals surface area contributed by atoms with Gasteiger partial charge in [-0.2, -0.15) is 5.10 Å². The molecule has 0 aliphatic heterocycles. The SMILES string of the molecule is O=C(CC1CCCCC1)Nc1cncc(-c2cnc3[nH]nc(-c4cc5c(-c6cccc(F)c6)nccc5[nH]4)c3c2)c1. The Morgan fingerprint density at radius 1 is 0.902 bits per heavy atom. The van der Waals surface area contributed by atoms with Crippen LogP contribution in [-0.2, 0) is 4.79 Å². The lowest BCUT2D eigenvalue weighted by molar-refractivity contribution is -0.117. The number of hydrogen-bond acceptors (Lipinski definition) is 5. The molecular weight excluding hydrogens is 517 g/mol. The molecule has 0 bridgehead atoms. The van der Waals surface area contributed by atoms with Gasteiger partial charge in [0.2, 0.25) is 5.91 Å². The number of halogens is 1. The summed E-state index contributed by atoms with van der Waals surface area (Å²) in [6.07, 6.45) is 13.4. The molecule has 1 fully saturated rings. The number of benzene rings is 1. The maximum absolute atomic E-state index is 13.9. The average Bonchev–Trinajstić information content (AvgIpc) is 3.61. The van der Waals surface area contributed by atoms with Crippen LogP contribution in [-0.4, -0.2) is 36.0 Å². The Balaban J connectivity index is 1.19. The third-order valence-corrected chi connectivity index (χ3v) is 7.87. The van der Waals surface area contributed by atoms with Gasteiger partial charge in [0, 0.05) is 58.0 Å². The molecule has 0 saturated heterocycles. The molecule has 0 spiro atoms. The van der Waals surface area contributed by atoms with E-state index in [0.29, 0.717) is 40.6 Å². The van der Waals surface area contributed by atoms with Gasteiger partial charge < -0.3 is 10.3 Å². The van der Waals surface area contributed by atoms with Crippen molar-refractivity contribution in [3.05, 3.63) is 79.1 Å². The first-order valence-electron chi connectivity index (χ1n) is 13.9. The fourth-order valence-electron chi connectivity index (χ4n) is 5.85. The van der Waals surface area contributed by atoms with Gasteiger partial charge in [-0.3, -0.25) is 19.9 Å². The number of anilines is 1. The number of aromatic amines is 2. The average molecular weight is 546 g/mol. The summed E-state index contributed by atoms with van der Waals surface area (Å²) >= 11 is 0. The maximum atomic E-state index is 13.9. The van der Waals surface area contributed by atoms with Crippen molar-refractivity contribution in [1.29, 1.82) is 0 Å². The molecule has 9 heteroatoms. The highest BCUT2D eigenvalue weighted by atomic mass is 19.1. The fourth-order valence-corrected chi connectivity index (χ4v) is 5.85. The lowest BCUT2D eigenvalue weighted by Crippen LogP contribution is -2.18. The third kappa shape index (κ3) is 5.06. The van der Waals surface area contributed by atoms with Crippen molar-refractivity contribution >= 4 is 33.5 Å². The lowest BCUT2D eigenvalue weighted by Gasteiger charge is -2.20. The molecule has 41 heavy (non-hydrogen) atoms. The number of pyridine rings is 3. The number of amides is 1. The van der Waals surface area contributed by atoms with Crippen molar-refractivity contribution in [3.8, 4) is 33.8 Å². The van der Waals surface area contributed by atoms with Crippen molar-refractivity contribution in [1.82, 2.24) is 30.1 Å². The number of H-pyrrole nitrogens is 2. The molecule has 5 aromatic heterocycles. The van der Waals surface area contributed by atoms with Gasteiger partial charge in [-0.15, -0.1) is 0 Å². The topological polar surface area (TPSA) is 112 Å². The van der Waals surface area contributed by atoms with Crippen LogP contribution in [0.25, 0.3) is 55.7 Å². The largest absolute Gasteiger partial charge is 0.353 e. The van der Waals surface area contributed by atoms with E-state index in [1.165, 1.54) is 31.4 Å². The van der Waals surface area contributed by atoms with Gasteiger partial charge in [-0.25, -0.2) is 9.37 Å². The molecule has 204 valence electrons. The van der Waals surface area contributed by atoms with Crippen molar-refractivity contribution in [2.24, 2.45) is 5.92 Å². The number of carbonyl (C=O) groups is 1. The molecule has 7 rings (SSSR count). The van der Waals surface area contributed by atoms with E-state index in [1.54, 1.807) is 30.9 Å². The van der Waals surface area contributed by atoms with E-state index in [0.717, 1.165) is 46.0 Å². The van der Waals surface area contributed by atoms with Crippen LogP contribution < -0.4 is 5.32 Å². The Morgan fingerprint density at radius 3 is 2.66 bits per heavy atom. The maximum Gasteiger partial charge on any atom is 0.224 e. The molecule has 0 atom stereocenters. The normalized spacial score (nSPS) is 14.1. The highest BCUT2D eigenvalue weighted by molar-refractivity contribution is 6.00. The molecule has 3 N–H and O–H groups in total. The Bertz CT molecular complexity index is 1890. The van der Waals surface area contributed by atoms with Crippen LogP contribution in [0, 0.1) is 11.7 Å². The quantitative estimate of drug-likeness (QED) is 0.204. The zero-order valence-corrected chi connectivity index (χ0v) is 22.3. The highest BCUT2D eigenvalue weighted by Crippen LogP contribution is 2.34. The number of aromatic nitrogens is 6. The Kier molecular flexibility index (Phi) is 6.47. The van der Waals surface area contributed by atoms with Gasteiger partial charge in [0.05, 0.1) is 23.3 Å². The van der Waals surface area contributed by atoms with Crippen LogP contribution in [0.3, 0.4) is 0 Å². The van der Waals surface area contributed by atoms with E-state index in [1.807, 2.05) is 30.3 Å². The van der Waals surface area contributed by atoms with E-state index in [2.05, 4.69) is 35.5 Å². The molecule has 5 heterocycles. The predicted molar refractivity (Wildman–Crippen MR) is 157 cm³/mol. The first-order valence-corrected chi connectivity index (χ1v) is 13.9. The second-order valence-electron chi connectivity index (χ2n) is 10.7. The minimum atomic E-state index is -0.309. The summed E-state index contributed by atoms with van der Waals surface area (Å²) in [7, 11) is 0. The molecule has 1 amide bonds. The van der Waals surface area contributed by atoms with Crippen LogP contribution >= 0.6 is 0 Å². The molecule has 1 saturated carbocycles. The van der Waals surface area contributed by atoms with Gasteiger partial charge in [-0.1, -0.05) is 31.4 Å². The van der Waals surface area contributed by atoms with Gasteiger partial charge in [-0.05, 0) is 55.2 Å². The van der Waals surface area contributed by atoms with Gasteiger partial charge >= 0.3 is 0 Å². The zero-order chi connectivity index (χ0) is 27.8. The first-order chi connectivity index (χ1) is 20.1. The lowest BCUT2D eigenvalue weighted by atomic mass is 9.87. The van der Waals surface area contributed by atoms with Gasteiger partial charge in [0.15, 0.2) is 5.65 Å². The number of fused-ring (bicyclic) bond motifs is 2. The monoisotopic (exact) mass is 545 g/mol. The molecule has 0 radical (unpaired) electrons. The van der Waals surface area contributed by atoms with Gasteiger partial charge in [0.1, 0.15) is 11.5 Å². The molecule has 1 aliphatic rings. The van der Waals surface area contributed by atoms with Crippen molar-refractivity contribution in [3.63, 3.8) is 0 Å². The van der Waals surface area contributed by atoms with Crippen molar-refractivity contribution in [2.45, 2.75) is 38.5 Å². The van der Waals surface area contributed by atoms with Crippen molar-refractivity contribution in [2.75, 3.05) is 5.32 Å². The number of rotatable bonds is 6. The Morgan fingerprint density at radius 2 is 1.78 bits per heavy atom. The Labute approximate surface area is 235 Å². The fraction of sp³-hybridized carbons (Fsp3) is 0.219. The number of hydrogen-bond donors (Lipinski definition) is 3. The third-order valence-electron chi connectivity index (χ3n) is 7.87. The number of nitrogens with one attached hydrogen (secondary N) is 3. The summed E-state index contributed by atoms with van der Waals surface area (Å²) in [6.45, 7) is 0. The second kappa shape index (κ2) is 10.6. The summed E-state index contributed by atoms with van der Waals surface area (Å²) < 4.78 is 13.9. The van der Waals surface area contributed by atoms with E-state index >= 15 is 0 Å². The van der Waals surface area contributed by atoms with Crippen molar-refractivity contribution < 1.29 is 9.18 Å². The molecule has 1 aliphatic carbocycles. The van der Waals surface area contributed by atoms with Crippen LogP contribution in [0.2, 0.25) is 0 Å². The van der Waals surface area contributed by atoms with Crippen LogP contribution in [0.1, 0.15) is 38.5 Å². The van der Waals surface area contributed by atoms with Gasteiger partial charge in [0.25, 0.3) is 0 Å². The molecule has 0 unspecified atom stereocenters. The molecule has 8 nitrogen and oxygen atoms in total. The number of nitrogens with zero attached hydrogens (tertiary/aromatic N) is 4. The smallest absolute Gasteiger partial charge is 0.224 e. The number of carbonyl (C=O) groups excluding carboxylic acids is 1. The first kappa shape index (κ1) is 25.1. The van der Waals surface area contributed by atoms with Crippen LogP contribution in [0.15, 0.2) is 73.3 Å². The van der Waals surface area contributed by atoms with E-state index in [4.69, 9.17) is 0 Å². The summed E-state index contributed by atoms with van der Waals surface area (Å²) in [5.74, 6) is 0.195. The van der Waals surface area contributed by atoms with E-state index < -0.39 is 0 Å². The highest BCUT2D eigenvalue weighted by Gasteiger charge is 2.18. The summed E-state index contributed by atoms with van der Waals surface area (Å²) in [5.41, 5.74) is 6.78. The predicted octanol–water partition coefficient (Wildman–Crippen LogP) is 7.28. The molecular formula is C32H28FN7O. The van der Waals surface area contributed by atoms with E-state index in [9.17, 15) is 9.18 Å². The molecule has 1 aromatic carbocycles.